The lowest BCUT2D eigenvalue weighted by Gasteiger charge is -2.06. The van der Waals surface area contributed by atoms with Crippen LogP contribution < -0.4 is 10.0 Å². The molecule has 3 heterocycles. The monoisotopic (exact) mass is 309 g/mol. The molecule has 3 rings (SSSR count). The fraction of sp³-hybridized carbons (Fsp3) is 0.0909. The van der Waals surface area contributed by atoms with Crippen molar-refractivity contribution in [2.24, 2.45) is 0 Å². The number of sulfonamides is 1. The first-order valence-electron chi connectivity index (χ1n) is 5.69. The Hall–Kier alpha value is -2.13. The zero-order valence-corrected chi connectivity index (χ0v) is 12.1. The van der Waals surface area contributed by atoms with Gasteiger partial charge < -0.3 is 5.32 Å². The first kappa shape index (κ1) is 12.9. The molecule has 3 aromatic heterocycles. The van der Waals surface area contributed by atoms with Gasteiger partial charge in [0.2, 0.25) is 5.03 Å². The normalized spacial score (nSPS) is 11.7. The van der Waals surface area contributed by atoms with Crippen molar-refractivity contribution in [2.45, 2.75) is 5.03 Å². The van der Waals surface area contributed by atoms with Crippen LogP contribution in [0.1, 0.15) is 0 Å². The van der Waals surface area contributed by atoms with E-state index in [4.69, 9.17) is 0 Å². The highest BCUT2D eigenvalue weighted by Gasteiger charge is 2.25. The summed E-state index contributed by atoms with van der Waals surface area (Å²) in [6, 6.07) is 5.28. The van der Waals surface area contributed by atoms with Crippen molar-refractivity contribution in [3.63, 3.8) is 0 Å². The molecule has 0 saturated carbocycles. The molecule has 9 heteroatoms. The molecule has 0 aliphatic rings. The molecule has 0 fully saturated rings. The van der Waals surface area contributed by atoms with Crippen LogP contribution in [0.2, 0.25) is 0 Å². The maximum absolute atomic E-state index is 12.5. The van der Waals surface area contributed by atoms with Crippen LogP contribution in [0.15, 0.2) is 41.0 Å². The average Bonchev–Trinajstić information content (AvgIpc) is 3.04. The van der Waals surface area contributed by atoms with Gasteiger partial charge in [-0.2, -0.15) is 8.42 Å². The zero-order chi connectivity index (χ0) is 14.2. The van der Waals surface area contributed by atoms with E-state index < -0.39 is 10.0 Å². The number of hydrogen-bond donors (Lipinski definition) is 2. The molecule has 104 valence electrons. The number of thiazole rings is 1. The summed E-state index contributed by atoms with van der Waals surface area (Å²) in [6.07, 6.45) is 3.19. The molecule has 20 heavy (non-hydrogen) atoms. The number of imidazole rings is 1. The smallest absolute Gasteiger partial charge is 0.283 e. The van der Waals surface area contributed by atoms with E-state index >= 15 is 0 Å². The molecular weight excluding hydrogens is 298 g/mol. The minimum atomic E-state index is -3.77. The molecule has 0 atom stereocenters. The van der Waals surface area contributed by atoms with E-state index in [2.05, 4.69) is 20.0 Å². The third-order valence-electron chi connectivity index (χ3n) is 2.63. The molecule has 0 amide bonds. The number of nitrogens with zero attached hydrogens (tertiary/aromatic N) is 3. The molecule has 7 nitrogen and oxygen atoms in total. The SMILES string of the molecule is CNc1nc2ccccn2c1S(=O)(=O)Nc1nccs1. The highest BCUT2D eigenvalue weighted by atomic mass is 32.2. The predicted molar refractivity (Wildman–Crippen MR) is 77.7 cm³/mol. The third kappa shape index (κ3) is 2.10. The Bertz CT molecular complexity index is 839. The van der Waals surface area contributed by atoms with Crippen LogP contribution in [-0.4, -0.2) is 29.8 Å². The number of nitrogens with one attached hydrogen (secondary N) is 2. The lowest BCUT2D eigenvalue weighted by atomic mass is 10.5. The van der Waals surface area contributed by atoms with E-state index in [0.29, 0.717) is 16.6 Å². The second kappa shape index (κ2) is 4.76. The van der Waals surface area contributed by atoms with E-state index in [-0.39, 0.29) is 5.03 Å². The number of anilines is 2. The number of pyridine rings is 1. The maximum Gasteiger partial charge on any atom is 0.283 e. The molecule has 0 aliphatic carbocycles. The summed E-state index contributed by atoms with van der Waals surface area (Å²) in [5, 5.41) is 4.88. The van der Waals surface area contributed by atoms with Gasteiger partial charge in [-0.3, -0.25) is 9.12 Å². The van der Waals surface area contributed by atoms with E-state index in [1.807, 2.05) is 0 Å². The largest absolute Gasteiger partial charge is 0.371 e. The van der Waals surface area contributed by atoms with Crippen LogP contribution in [0.25, 0.3) is 5.65 Å². The second-order valence-corrected chi connectivity index (χ2v) is 6.38. The third-order valence-corrected chi connectivity index (χ3v) is 4.81. The lowest BCUT2D eigenvalue weighted by Crippen LogP contribution is -2.16. The van der Waals surface area contributed by atoms with Crippen LogP contribution in [0.4, 0.5) is 10.9 Å². The van der Waals surface area contributed by atoms with Crippen LogP contribution in [0, 0.1) is 0 Å². The summed E-state index contributed by atoms with van der Waals surface area (Å²) >= 11 is 1.21. The summed E-state index contributed by atoms with van der Waals surface area (Å²) < 4.78 is 29.0. The highest BCUT2D eigenvalue weighted by Crippen LogP contribution is 2.25. The summed E-state index contributed by atoms with van der Waals surface area (Å²) in [7, 11) is -2.14. The summed E-state index contributed by atoms with van der Waals surface area (Å²) in [4.78, 5) is 8.17. The lowest BCUT2D eigenvalue weighted by molar-refractivity contribution is 0.597. The van der Waals surface area contributed by atoms with Crippen molar-refractivity contribution in [3.05, 3.63) is 36.0 Å². The van der Waals surface area contributed by atoms with Crippen LogP contribution >= 0.6 is 11.3 Å². The number of rotatable bonds is 4. The predicted octanol–water partition coefficient (Wildman–Crippen LogP) is 1.63. The molecule has 0 aromatic carbocycles. The van der Waals surface area contributed by atoms with Gasteiger partial charge in [0.1, 0.15) is 5.65 Å². The Labute approximate surface area is 119 Å². The Balaban J connectivity index is 2.17. The minimum Gasteiger partial charge on any atom is -0.371 e. The number of aromatic nitrogens is 3. The van der Waals surface area contributed by atoms with Crippen molar-refractivity contribution in [2.75, 3.05) is 17.1 Å². The summed E-state index contributed by atoms with van der Waals surface area (Å²) in [5.74, 6) is 0.292. The zero-order valence-electron chi connectivity index (χ0n) is 10.4. The fourth-order valence-corrected chi connectivity index (χ4v) is 3.92. The van der Waals surface area contributed by atoms with E-state index in [0.717, 1.165) is 0 Å². The van der Waals surface area contributed by atoms with E-state index in [1.54, 1.807) is 36.8 Å². The van der Waals surface area contributed by atoms with Crippen LogP contribution in [0.5, 0.6) is 0 Å². The molecule has 0 spiro atoms. The maximum atomic E-state index is 12.5. The number of hydrogen-bond acceptors (Lipinski definition) is 6. The first-order valence-corrected chi connectivity index (χ1v) is 8.05. The number of fused-ring (bicyclic) bond motifs is 1. The van der Waals surface area contributed by atoms with Gasteiger partial charge in [-0.15, -0.1) is 11.3 Å². The second-order valence-electron chi connectivity index (χ2n) is 3.89. The molecule has 2 N–H and O–H groups in total. The standard InChI is InChI=1S/C11H11N5O2S2/c1-12-9-10(16-6-3-2-4-8(16)14-9)20(17,18)15-11-13-5-7-19-11/h2-7,12H,1H3,(H,13,15). The van der Waals surface area contributed by atoms with E-state index in [1.165, 1.54) is 21.9 Å². The van der Waals surface area contributed by atoms with Crippen LogP contribution in [0.3, 0.4) is 0 Å². The topological polar surface area (TPSA) is 88.4 Å². The van der Waals surface area contributed by atoms with Gasteiger partial charge in [0.15, 0.2) is 10.9 Å². The first-order chi connectivity index (χ1) is 9.62. The summed E-state index contributed by atoms with van der Waals surface area (Å²) in [6.45, 7) is 0. The molecule has 3 aromatic rings. The Morgan fingerprint density at radius 3 is 2.90 bits per heavy atom. The fourth-order valence-electron chi connectivity index (χ4n) is 1.83. The Morgan fingerprint density at radius 1 is 1.35 bits per heavy atom. The molecule has 0 aliphatic heterocycles. The van der Waals surface area contributed by atoms with Crippen molar-refractivity contribution in [3.8, 4) is 0 Å². The van der Waals surface area contributed by atoms with Gasteiger partial charge in [0.05, 0.1) is 0 Å². The van der Waals surface area contributed by atoms with Crippen molar-refractivity contribution in [1.29, 1.82) is 0 Å². The van der Waals surface area contributed by atoms with Gasteiger partial charge in [-0.25, -0.2) is 9.97 Å². The summed E-state index contributed by atoms with van der Waals surface area (Å²) in [5.41, 5.74) is 0.552. The molecule has 0 saturated heterocycles. The molecule has 0 unspecified atom stereocenters. The van der Waals surface area contributed by atoms with Crippen molar-refractivity contribution >= 4 is 38.0 Å². The van der Waals surface area contributed by atoms with Crippen molar-refractivity contribution < 1.29 is 8.42 Å². The van der Waals surface area contributed by atoms with Gasteiger partial charge in [-0.1, -0.05) is 6.07 Å². The molecule has 0 radical (unpaired) electrons. The average molecular weight is 309 g/mol. The highest BCUT2D eigenvalue weighted by molar-refractivity contribution is 7.93. The van der Waals surface area contributed by atoms with Crippen LogP contribution in [-0.2, 0) is 10.0 Å². The van der Waals surface area contributed by atoms with Gasteiger partial charge >= 0.3 is 0 Å². The Morgan fingerprint density at radius 2 is 2.20 bits per heavy atom. The Kier molecular flexibility index (Phi) is 3.07. The van der Waals surface area contributed by atoms with E-state index in [9.17, 15) is 8.42 Å². The molecule has 0 bridgehead atoms. The van der Waals surface area contributed by atoms with Gasteiger partial charge in [0.25, 0.3) is 10.0 Å². The quantitative estimate of drug-likeness (QED) is 0.765. The molecular formula is C11H11N5O2S2. The minimum absolute atomic E-state index is 0.0609. The van der Waals surface area contributed by atoms with Gasteiger partial charge in [-0.05, 0) is 12.1 Å². The van der Waals surface area contributed by atoms with Crippen molar-refractivity contribution in [1.82, 2.24) is 14.4 Å². The van der Waals surface area contributed by atoms with Gasteiger partial charge in [0, 0.05) is 24.8 Å².